The Labute approximate surface area is 144 Å². The number of nitrogens with one attached hydrogen (secondary N) is 1. The summed E-state index contributed by atoms with van der Waals surface area (Å²) in [5, 5.41) is 11.9. The topological polar surface area (TPSA) is 65.4 Å². The molecule has 5 heteroatoms. The Morgan fingerprint density at radius 3 is 2.42 bits per heavy atom. The molecule has 0 radical (unpaired) electrons. The normalized spacial score (nSPS) is 16.6. The summed E-state index contributed by atoms with van der Waals surface area (Å²) in [6.45, 7) is 8.45. The number of carbonyl (C=O) groups excluding carboxylic acids is 1. The second-order valence-corrected chi connectivity index (χ2v) is 6.19. The maximum Gasteiger partial charge on any atom is 0.251 e. The van der Waals surface area contributed by atoms with E-state index in [1.54, 1.807) is 24.3 Å². The Balaban J connectivity index is 2.00. The van der Waals surface area contributed by atoms with Gasteiger partial charge >= 0.3 is 0 Å². The Kier molecular flexibility index (Phi) is 7.23. The molecule has 1 N–H and O–H groups in total. The second-order valence-electron chi connectivity index (χ2n) is 6.19. The lowest BCUT2D eigenvalue weighted by Gasteiger charge is -2.38. The van der Waals surface area contributed by atoms with Crippen LogP contribution in [-0.2, 0) is 4.74 Å². The van der Waals surface area contributed by atoms with Crippen molar-refractivity contribution in [3.05, 3.63) is 35.4 Å². The Bertz CT molecular complexity index is 555. The highest BCUT2D eigenvalue weighted by Crippen LogP contribution is 2.19. The zero-order valence-corrected chi connectivity index (χ0v) is 14.6. The number of ether oxygens (including phenoxy) is 1. The fourth-order valence-corrected chi connectivity index (χ4v) is 3.33. The number of amides is 1. The molecule has 1 aliphatic heterocycles. The predicted octanol–water partition coefficient (Wildman–Crippen LogP) is 2.43. The van der Waals surface area contributed by atoms with Gasteiger partial charge in [-0.15, -0.1) is 0 Å². The zero-order chi connectivity index (χ0) is 17.4. The summed E-state index contributed by atoms with van der Waals surface area (Å²) in [5.41, 5.74) is 1.16. The first kappa shape index (κ1) is 18.4. The Hall–Kier alpha value is -1.90. The molecular weight excluding hydrogens is 302 g/mol. The van der Waals surface area contributed by atoms with Crippen molar-refractivity contribution in [2.45, 2.75) is 32.7 Å². The van der Waals surface area contributed by atoms with E-state index in [0.29, 0.717) is 29.6 Å². The SMILES string of the molecule is CCC(CC)C(CNC(=O)c1ccc(C#N)cc1)N1CCOCC1. The zero-order valence-electron chi connectivity index (χ0n) is 14.6. The number of nitrogens with zero attached hydrogens (tertiary/aromatic N) is 2. The largest absolute Gasteiger partial charge is 0.379 e. The Morgan fingerprint density at radius 1 is 1.25 bits per heavy atom. The quantitative estimate of drug-likeness (QED) is 0.834. The van der Waals surface area contributed by atoms with Gasteiger partial charge in [-0.1, -0.05) is 26.7 Å². The molecule has 1 atom stereocenters. The van der Waals surface area contributed by atoms with Crippen LogP contribution in [0.5, 0.6) is 0 Å². The Morgan fingerprint density at radius 2 is 1.88 bits per heavy atom. The summed E-state index contributed by atoms with van der Waals surface area (Å²) in [5.74, 6) is 0.480. The van der Waals surface area contributed by atoms with Crippen molar-refractivity contribution < 1.29 is 9.53 Å². The number of rotatable bonds is 7. The third-order valence-corrected chi connectivity index (χ3v) is 4.86. The molecule has 24 heavy (non-hydrogen) atoms. The van der Waals surface area contributed by atoms with Gasteiger partial charge in [0.05, 0.1) is 24.8 Å². The number of nitriles is 1. The second kappa shape index (κ2) is 9.41. The molecule has 0 aromatic heterocycles. The molecule has 130 valence electrons. The van der Waals surface area contributed by atoms with Gasteiger partial charge in [-0.25, -0.2) is 0 Å². The highest BCUT2D eigenvalue weighted by molar-refractivity contribution is 5.94. The highest BCUT2D eigenvalue weighted by Gasteiger charge is 2.27. The van der Waals surface area contributed by atoms with Crippen molar-refractivity contribution in [1.82, 2.24) is 10.2 Å². The molecule has 0 spiro atoms. The van der Waals surface area contributed by atoms with Crippen LogP contribution in [0.15, 0.2) is 24.3 Å². The van der Waals surface area contributed by atoms with Crippen molar-refractivity contribution >= 4 is 5.91 Å². The summed E-state index contributed by atoms with van der Waals surface area (Å²) in [6, 6.07) is 9.16. The van der Waals surface area contributed by atoms with Gasteiger partial charge in [-0.2, -0.15) is 5.26 Å². The molecule has 1 aromatic rings. The minimum absolute atomic E-state index is 0.0799. The van der Waals surface area contributed by atoms with Crippen LogP contribution >= 0.6 is 0 Å². The predicted molar refractivity (Wildman–Crippen MR) is 93.7 cm³/mol. The van der Waals surface area contributed by atoms with Crippen molar-refractivity contribution in [2.24, 2.45) is 5.92 Å². The van der Waals surface area contributed by atoms with Gasteiger partial charge in [0.15, 0.2) is 0 Å². The summed E-state index contributed by atoms with van der Waals surface area (Å²) >= 11 is 0. The van der Waals surface area contributed by atoms with E-state index in [-0.39, 0.29) is 5.91 Å². The summed E-state index contributed by atoms with van der Waals surface area (Å²) < 4.78 is 5.46. The fourth-order valence-electron chi connectivity index (χ4n) is 3.33. The molecule has 1 aliphatic rings. The van der Waals surface area contributed by atoms with E-state index >= 15 is 0 Å². The average Bonchev–Trinajstić information content (AvgIpc) is 2.65. The molecular formula is C19H27N3O2. The summed E-state index contributed by atoms with van der Waals surface area (Å²) in [7, 11) is 0. The van der Waals surface area contributed by atoms with Gasteiger partial charge in [0, 0.05) is 31.2 Å². The standard InChI is InChI=1S/C19H27N3O2/c1-3-16(4-2)18(22-9-11-24-12-10-22)14-21-19(23)17-7-5-15(13-20)6-8-17/h5-8,16,18H,3-4,9-12,14H2,1-2H3,(H,21,23). The van der Waals surface area contributed by atoms with E-state index in [1.165, 1.54) is 0 Å². The van der Waals surface area contributed by atoms with Crippen molar-refractivity contribution in [3.8, 4) is 6.07 Å². The number of carbonyl (C=O) groups is 1. The first-order valence-electron chi connectivity index (χ1n) is 8.79. The number of morpholine rings is 1. The van der Waals surface area contributed by atoms with Crippen LogP contribution in [0, 0.1) is 17.2 Å². The maximum atomic E-state index is 12.4. The lowest BCUT2D eigenvalue weighted by Crippen LogP contribution is -2.52. The third-order valence-electron chi connectivity index (χ3n) is 4.86. The van der Waals surface area contributed by atoms with Crippen LogP contribution in [-0.4, -0.2) is 49.7 Å². The molecule has 1 unspecified atom stereocenters. The molecule has 1 fully saturated rings. The van der Waals surface area contributed by atoms with E-state index in [1.807, 2.05) is 0 Å². The van der Waals surface area contributed by atoms with Gasteiger partial charge in [-0.3, -0.25) is 9.69 Å². The van der Waals surface area contributed by atoms with E-state index in [9.17, 15) is 4.79 Å². The molecule has 2 rings (SSSR count). The van der Waals surface area contributed by atoms with E-state index in [2.05, 4.69) is 30.1 Å². The molecule has 0 bridgehead atoms. The average molecular weight is 329 g/mol. The van der Waals surface area contributed by atoms with Gasteiger partial charge < -0.3 is 10.1 Å². The summed E-state index contributed by atoms with van der Waals surface area (Å²) in [6.07, 6.45) is 2.20. The summed E-state index contributed by atoms with van der Waals surface area (Å²) in [4.78, 5) is 14.8. The van der Waals surface area contributed by atoms with Crippen molar-refractivity contribution in [3.63, 3.8) is 0 Å². The molecule has 1 aromatic carbocycles. The lowest BCUT2D eigenvalue weighted by molar-refractivity contribution is 0.00191. The van der Waals surface area contributed by atoms with Gasteiger partial charge in [-0.05, 0) is 30.2 Å². The van der Waals surface area contributed by atoms with Crippen LogP contribution in [0.2, 0.25) is 0 Å². The first-order chi connectivity index (χ1) is 11.7. The molecule has 1 heterocycles. The molecule has 5 nitrogen and oxygen atoms in total. The van der Waals surface area contributed by atoms with Crippen LogP contribution < -0.4 is 5.32 Å². The smallest absolute Gasteiger partial charge is 0.251 e. The first-order valence-corrected chi connectivity index (χ1v) is 8.79. The van der Waals surface area contributed by atoms with Gasteiger partial charge in [0.25, 0.3) is 5.91 Å². The monoisotopic (exact) mass is 329 g/mol. The van der Waals surface area contributed by atoms with Crippen LogP contribution in [0.25, 0.3) is 0 Å². The van der Waals surface area contributed by atoms with Gasteiger partial charge in [0.1, 0.15) is 0 Å². The number of hydrogen-bond acceptors (Lipinski definition) is 4. The van der Waals surface area contributed by atoms with E-state index in [0.717, 1.165) is 39.1 Å². The fraction of sp³-hybridized carbons (Fsp3) is 0.579. The highest BCUT2D eigenvalue weighted by atomic mass is 16.5. The third kappa shape index (κ3) is 4.80. The lowest BCUT2D eigenvalue weighted by atomic mass is 9.92. The maximum absolute atomic E-state index is 12.4. The molecule has 0 saturated carbocycles. The minimum atomic E-state index is -0.0799. The molecule has 1 saturated heterocycles. The minimum Gasteiger partial charge on any atom is -0.379 e. The van der Waals surface area contributed by atoms with Gasteiger partial charge in [0.2, 0.25) is 0 Å². The van der Waals surface area contributed by atoms with Crippen LogP contribution in [0.1, 0.15) is 42.6 Å². The van der Waals surface area contributed by atoms with Crippen LogP contribution in [0.3, 0.4) is 0 Å². The van der Waals surface area contributed by atoms with Crippen LogP contribution in [0.4, 0.5) is 0 Å². The molecule has 0 aliphatic carbocycles. The van der Waals surface area contributed by atoms with E-state index < -0.39 is 0 Å². The van der Waals surface area contributed by atoms with Crippen molar-refractivity contribution in [1.29, 1.82) is 5.26 Å². The number of hydrogen-bond donors (Lipinski definition) is 1. The van der Waals surface area contributed by atoms with Crippen molar-refractivity contribution in [2.75, 3.05) is 32.8 Å². The molecule has 1 amide bonds. The number of benzene rings is 1. The van der Waals surface area contributed by atoms with E-state index in [4.69, 9.17) is 10.00 Å².